The topological polar surface area (TPSA) is 58.2 Å². The van der Waals surface area contributed by atoms with E-state index in [1.54, 1.807) is 25.6 Å². The van der Waals surface area contributed by atoms with E-state index in [0.29, 0.717) is 6.54 Å². The van der Waals surface area contributed by atoms with Crippen LogP contribution in [0.2, 0.25) is 0 Å². The molecule has 5 heteroatoms. The highest BCUT2D eigenvalue weighted by atomic mass is 32.2. The van der Waals surface area contributed by atoms with Crippen molar-refractivity contribution in [3.8, 4) is 0 Å². The van der Waals surface area contributed by atoms with Crippen molar-refractivity contribution in [1.29, 1.82) is 0 Å². The molecule has 0 aliphatic heterocycles. The maximum absolute atomic E-state index is 12.1. The first-order valence-electron chi connectivity index (χ1n) is 6.59. The number of thioether (sulfide) groups is 1. The molecule has 0 spiro atoms. The zero-order valence-corrected chi connectivity index (χ0v) is 14.0. The van der Waals surface area contributed by atoms with Crippen LogP contribution in [0.3, 0.4) is 0 Å². The SMILES string of the molecule is CSCC(C)C(=O)NC(C)(C)C(=O)NCC(C)(C)C. The van der Waals surface area contributed by atoms with E-state index in [4.69, 9.17) is 0 Å². The maximum atomic E-state index is 12.1. The smallest absolute Gasteiger partial charge is 0.245 e. The summed E-state index contributed by atoms with van der Waals surface area (Å²) in [5.74, 6) is 0.438. The van der Waals surface area contributed by atoms with E-state index in [-0.39, 0.29) is 23.1 Å². The fraction of sp³-hybridized carbons (Fsp3) is 0.857. The van der Waals surface area contributed by atoms with Crippen molar-refractivity contribution in [3.05, 3.63) is 0 Å². The number of hydrogen-bond acceptors (Lipinski definition) is 3. The van der Waals surface area contributed by atoms with E-state index >= 15 is 0 Å². The quantitative estimate of drug-likeness (QED) is 0.786. The molecule has 0 aromatic rings. The molecule has 0 aromatic carbocycles. The predicted molar refractivity (Wildman–Crippen MR) is 82.2 cm³/mol. The molecule has 0 aromatic heterocycles. The lowest BCUT2D eigenvalue weighted by Gasteiger charge is -2.28. The minimum atomic E-state index is -0.880. The maximum Gasteiger partial charge on any atom is 0.245 e. The van der Waals surface area contributed by atoms with Crippen molar-refractivity contribution in [2.45, 2.75) is 47.1 Å². The second kappa shape index (κ2) is 7.17. The molecule has 0 heterocycles. The van der Waals surface area contributed by atoms with Gasteiger partial charge in [0.25, 0.3) is 0 Å². The first-order valence-corrected chi connectivity index (χ1v) is 7.98. The van der Waals surface area contributed by atoms with Crippen molar-refractivity contribution in [1.82, 2.24) is 10.6 Å². The zero-order valence-electron chi connectivity index (χ0n) is 13.2. The van der Waals surface area contributed by atoms with E-state index in [2.05, 4.69) is 31.4 Å². The third-order valence-corrected chi connectivity index (χ3v) is 3.48. The van der Waals surface area contributed by atoms with Crippen LogP contribution in [0, 0.1) is 11.3 Å². The van der Waals surface area contributed by atoms with Gasteiger partial charge >= 0.3 is 0 Å². The Morgan fingerprint density at radius 3 is 2.11 bits per heavy atom. The molecule has 1 unspecified atom stereocenters. The van der Waals surface area contributed by atoms with Crippen molar-refractivity contribution in [2.24, 2.45) is 11.3 Å². The number of carbonyl (C=O) groups excluding carboxylic acids is 2. The molecule has 112 valence electrons. The van der Waals surface area contributed by atoms with E-state index in [0.717, 1.165) is 5.75 Å². The molecule has 0 rings (SSSR count). The largest absolute Gasteiger partial charge is 0.354 e. The Morgan fingerprint density at radius 2 is 1.68 bits per heavy atom. The molecule has 2 N–H and O–H groups in total. The molecule has 4 nitrogen and oxygen atoms in total. The second-order valence-electron chi connectivity index (χ2n) is 6.71. The number of hydrogen-bond donors (Lipinski definition) is 2. The highest BCUT2D eigenvalue weighted by molar-refractivity contribution is 7.98. The molecule has 1 atom stereocenters. The summed E-state index contributed by atoms with van der Waals surface area (Å²) in [4.78, 5) is 24.0. The molecule has 0 aliphatic carbocycles. The molecular weight excluding hydrogens is 260 g/mol. The summed E-state index contributed by atoms with van der Waals surface area (Å²) >= 11 is 1.62. The molecule has 0 saturated carbocycles. The Hall–Kier alpha value is -0.710. The Kier molecular flexibility index (Phi) is 6.91. The summed E-state index contributed by atoms with van der Waals surface area (Å²) in [5.41, 5.74) is -0.850. The molecule has 0 aliphatic rings. The van der Waals surface area contributed by atoms with E-state index in [1.165, 1.54) is 0 Å². The normalized spacial score (nSPS) is 13.8. The van der Waals surface area contributed by atoms with Crippen LogP contribution in [0.4, 0.5) is 0 Å². The summed E-state index contributed by atoms with van der Waals surface area (Å²) in [6, 6.07) is 0. The lowest BCUT2D eigenvalue weighted by atomic mass is 9.95. The average Bonchev–Trinajstić information content (AvgIpc) is 2.24. The van der Waals surface area contributed by atoms with Gasteiger partial charge in [-0.05, 0) is 25.5 Å². The van der Waals surface area contributed by atoms with Gasteiger partial charge in [-0.2, -0.15) is 11.8 Å². The number of amides is 2. The minimum Gasteiger partial charge on any atom is -0.354 e. The molecule has 19 heavy (non-hydrogen) atoms. The van der Waals surface area contributed by atoms with Crippen LogP contribution in [0.5, 0.6) is 0 Å². The number of nitrogens with one attached hydrogen (secondary N) is 2. The van der Waals surface area contributed by atoms with Gasteiger partial charge in [0, 0.05) is 18.2 Å². The van der Waals surface area contributed by atoms with Gasteiger partial charge < -0.3 is 10.6 Å². The Morgan fingerprint density at radius 1 is 1.16 bits per heavy atom. The highest BCUT2D eigenvalue weighted by Gasteiger charge is 2.31. The Bertz CT molecular complexity index is 322. The fourth-order valence-electron chi connectivity index (χ4n) is 1.38. The van der Waals surface area contributed by atoms with E-state index < -0.39 is 5.54 Å². The van der Waals surface area contributed by atoms with Gasteiger partial charge in [-0.1, -0.05) is 27.7 Å². The zero-order chi connectivity index (χ0) is 15.3. The average molecular weight is 288 g/mol. The van der Waals surface area contributed by atoms with Crippen LogP contribution < -0.4 is 10.6 Å². The number of carbonyl (C=O) groups is 2. The van der Waals surface area contributed by atoms with Crippen molar-refractivity contribution < 1.29 is 9.59 Å². The first kappa shape index (κ1) is 18.3. The first-order chi connectivity index (χ1) is 8.49. The summed E-state index contributed by atoms with van der Waals surface area (Å²) in [6.07, 6.45) is 1.96. The summed E-state index contributed by atoms with van der Waals surface area (Å²) in [7, 11) is 0. The van der Waals surface area contributed by atoms with Crippen LogP contribution in [-0.2, 0) is 9.59 Å². The van der Waals surface area contributed by atoms with Gasteiger partial charge in [-0.25, -0.2) is 0 Å². The van der Waals surface area contributed by atoms with Crippen LogP contribution in [0.15, 0.2) is 0 Å². The van der Waals surface area contributed by atoms with Gasteiger partial charge in [0.1, 0.15) is 5.54 Å². The van der Waals surface area contributed by atoms with Gasteiger partial charge in [0.15, 0.2) is 0 Å². The van der Waals surface area contributed by atoms with Gasteiger partial charge in [-0.3, -0.25) is 9.59 Å². The third kappa shape index (κ3) is 7.45. The van der Waals surface area contributed by atoms with Crippen LogP contribution in [-0.4, -0.2) is 35.9 Å². The van der Waals surface area contributed by atoms with Crippen LogP contribution >= 0.6 is 11.8 Å². The molecule has 0 bridgehead atoms. The number of rotatable bonds is 6. The Labute approximate surface area is 121 Å². The summed E-state index contributed by atoms with van der Waals surface area (Å²) in [6.45, 7) is 12.1. The van der Waals surface area contributed by atoms with Crippen molar-refractivity contribution in [2.75, 3.05) is 18.6 Å². The molecule has 0 radical (unpaired) electrons. The molecule has 2 amide bonds. The fourth-order valence-corrected chi connectivity index (χ4v) is 2.03. The summed E-state index contributed by atoms with van der Waals surface area (Å²) < 4.78 is 0. The minimum absolute atomic E-state index is 0.0297. The van der Waals surface area contributed by atoms with Crippen molar-refractivity contribution in [3.63, 3.8) is 0 Å². The van der Waals surface area contributed by atoms with Crippen LogP contribution in [0.25, 0.3) is 0 Å². The highest BCUT2D eigenvalue weighted by Crippen LogP contribution is 2.12. The predicted octanol–water partition coefficient (Wildman–Crippen LogP) is 2.04. The second-order valence-corrected chi connectivity index (χ2v) is 7.62. The van der Waals surface area contributed by atoms with E-state index in [9.17, 15) is 9.59 Å². The molecular formula is C14H28N2O2S. The van der Waals surface area contributed by atoms with Gasteiger partial charge in [0.2, 0.25) is 11.8 Å². The molecule has 0 fully saturated rings. The summed E-state index contributed by atoms with van der Waals surface area (Å²) in [5, 5.41) is 5.69. The van der Waals surface area contributed by atoms with Gasteiger partial charge in [-0.15, -0.1) is 0 Å². The standard InChI is InChI=1S/C14H28N2O2S/c1-10(8-19-7)11(17)16-14(5,6)12(18)15-9-13(2,3)4/h10H,8-9H2,1-7H3,(H,15,18)(H,16,17). The molecule has 0 saturated heterocycles. The van der Waals surface area contributed by atoms with Crippen LogP contribution in [0.1, 0.15) is 41.5 Å². The van der Waals surface area contributed by atoms with Gasteiger partial charge in [0.05, 0.1) is 0 Å². The van der Waals surface area contributed by atoms with Crippen molar-refractivity contribution >= 4 is 23.6 Å². The lowest BCUT2D eigenvalue weighted by Crippen LogP contribution is -2.56. The van der Waals surface area contributed by atoms with E-state index in [1.807, 2.05) is 13.2 Å². The third-order valence-electron chi connectivity index (χ3n) is 2.65. The lowest BCUT2D eigenvalue weighted by molar-refractivity contribution is -0.133. The Balaban J connectivity index is 4.44. The monoisotopic (exact) mass is 288 g/mol.